The molecule has 0 aromatic heterocycles. The van der Waals surface area contributed by atoms with E-state index in [1.165, 1.54) is 12.1 Å². The van der Waals surface area contributed by atoms with Gasteiger partial charge in [-0.25, -0.2) is 4.39 Å². The normalized spacial score (nSPS) is 13.0. The van der Waals surface area contributed by atoms with Crippen molar-refractivity contribution in [1.29, 1.82) is 0 Å². The molecule has 66 valence electrons. The van der Waals surface area contributed by atoms with Gasteiger partial charge in [0, 0.05) is 10.5 Å². The van der Waals surface area contributed by atoms with Gasteiger partial charge in [-0.2, -0.15) is 0 Å². The van der Waals surface area contributed by atoms with Crippen molar-refractivity contribution in [2.75, 3.05) is 7.05 Å². The lowest BCUT2D eigenvalue weighted by Gasteiger charge is -2.10. The molecule has 0 aliphatic rings. The molecule has 0 saturated carbocycles. The van der Waals surface area contributed by atoms with E-state index < -0.39 is 0 Å². The van der Waals surface area contributed by atoms with E-state index in [4.69, 9.17) is 0 Å². The first kappa shape index (κ1) is 9.68. The molecule has 0 bridgehead atoms. The molecular weight excluding hydrogens is 221 g/mol. The highest BCUT2D eigenvalue weighted by Crippen LogP contribution is 2.19. The number of rotatable bonds is 2. The van der Waals surface area contributed by atoms with Gasteiger partial charge in [0.05, 0.1) is 0 Å². The van der Waals surface area contributed by atoms with Crippen molar-refractivity contribution >= 4 is 15.9 Å². The Hall–Kier alpha value is -0.410. The van der Waals surface area contributed by atoms with Crippen LogP contribution in [-0.2, 0) is 0 Å². The molecule has 1 unspecified atom stereocenters. The second-order valence-corrected chi connectivity index (χ2v) is 3.63. The summed E-state index contributed by atoms with van der Waals surface area (Å²) in [7, 11) is 1.85. The van der Waals surface area contributed by atoms with Crippen molar-refractivity contribution in [3.8, 4) is 0 Å². The SMILES string of the molecule is CNC(C)c1cc(F)cc(Br)c1. The molecule has 1 nitrogen and oxygen atoms in total. The standard InChI is InChI=1S/C9H11BrFN/c1-6(12-2)7-3-8(10)5-9(11)4-7/h3-6,12H,1-2H3. The molecule has 1 aromatic rings. The van der Waals surface area contributed by atoms with Crippen LogP contribution in [0.3, 0.4) is 0 Å². The van der Waals surface area contributed by atoms with Crippen LogP contribution in [0.5, 0.6) is 0 Å². The van der Waals surface area contributed by atoms with Crippen LogP contribution in [0.25, 0.3) is 0 Å². The highest BCUT2D eigenvalue weighted by molar-refractivity contribution is 9.10. The fourth-order valence-electron chi connectivity index (χ4n) is 0.992. The van der Waals surface area contributed by atoms with E-state index >= 15 is 0 Å². The van der Waals surface area contributed by atoms with E-state index in [1.807, 2.05) is 20.0 Å². The number of nitrogens with one attached hydrogen (secondary N) is 1. The molecule has 0 aliphatic heterocycles. The molecule has 0 radical (unpaired) electrons. The quantitative estimate of drug-likeness (QED) is 0.826. The second kappa shape index (κ2) is 4.01. The van der Waals surface area contributed by atoms with E-state index in [2.05, 4.69) is 21.2 Å². The molecule has 1 N–H and O–H groups in total. The van der Waals surface area contributed by atoms with Gasteiger partial charge in [0.2, 0.25) is 0 Å². The van der Waals surface area contributed by atoms with Crippen LogP contribution in [0.15, 0.2) is 22.7 Å². The van der Waals surface area contributed by atoms with Crippen LogP contribution < -0.4 is 5.32 Å². The number of hydrogen-bond acceptors (Lipinski definition) is 1. The van der Waals surface area contributed by atoms with Gasteiger partial charge in [0.1, 0.15) is 5.82 Å². The highest BCUT2D eigenvalue weighted by Gasteiger charge is 2.04. The molecule has 1 aromatic carbocycles. The van der Waals surface area contributed by atoms with E-state index in [1.54, 1.807) is 0 Å². The first-order valence-electron chi connectivity index (χ1n) is 3.76. The fraction of sp³-hybridized carbons (Fsp3) is 0.333. The van der Waals surface area contributed by atoms with Crippen molar-refractivity contribution in [2.24, 2.45) is 0 Å². The van der Waals surface area contributed by atoms with Crippen LogP contribution >= 0.6 is 15.9 Å². The van der Waals surface area contributed by atoms with Crippen molar-refractivity contribution in [1.82, 2.24) is 5.32 Å². The van der Waals surface area contributed by atoms with E-state index in [-0.39, 0.29) is 11.9 Å². The average molecular weight is 232 g/mol. The predicted octanol–water partition coefficient (Wildman–Crippen LogP) is 2.87. The molecule has 0 heterocycles. The number of halogens is 2. The molecule has 1 atom stereocenters. The summed E-state index contributed by atoms with van der Waals surface area (Å²) >= 11 is 3.24. The fourth-order valence-corrected chi connectivity index (χ4v) is 1.47. The topological polar surface area (TPSA) is 12.0 Å². The van der Waals surface area contributed by atoms with Gasteiger partial charge in [0.25, 0.3) is 0 Å². The van der Waals surface area contributed by atoms with E-state index in [0.717, 1.165) is 10.0 Å². The zero-order chi connectivity index (χ0) is 9.14. The van der Waals surface area contributed by atoms with Crippen LogP contribution in [0.1, 0.15) is 18.5 Å². The lowest BCUT2D eigenvalue weighted by Crippen LogP contribution is -2.12. The van der Waals surface area contributed by atoms with Gasteiger partial charge in [0.15, 0.2) is 0 Å². The van der Waals surface area contributed by atoms with Crippen LogP contribution in [-0.4, -0.2) is 7.05 Å². The Balaban J connectivity index is 3.00. The summed E-state index contributed by atoms with van der Waals surface area (Å²) in [5.74, 6) is -0.207. The van der Waals surface area contributed by atoms with Crippen LogP contribution in [0.4, 0.5) is 4.39 Å². The summed E-state index contributed by atoms with van der Waals surface area (Å²) in [6.45, 7) is 1.99. The average Bonchev–Trinajstić information content (AvgIpc) is 2.01. The van der Waals surface area contributed by atoms with Gasteiger partial charge in [-0.1, -0.05) is 15.9 Å². The zero-order valence-corrected chi connectivity index (χ0v) is 8.65. The smallest absolute Gasteiger partial charge is 0.124 e. The molecule has 3 heteroatoms. The van der Waals surface area contributed by atoms with Crippen molar-refractivity contribution in [3.05, 3.63) is 34.1 Å². The van der Waals surface area contributed by atoms with E-state index in [0.29, 0.717) is 0 Å². The van der Waals surface area contributed by atoms with Gasteiger partial charge >= 0.3 is 0 Å². The first-order chi connectivity index (χ1) is 5.63. The van der Waals surface area contributed by atoms with Gasteiger partial charge in [-0.3, -0.25) is 0 Å². The second-order valence-electron chi connectivity index (χ2n) is 2.71. The summed E-state index contributed by atoms with van der Waals surface area (Å²) in [4.78, 5) is 0. The Bertz CT molecular complexity index is 255. The Morgan fingerprint density at radius 2 is 2.08 bits per heavy atom. The third-order valence-electron chi connectivity index (χ3n) is 1.82. The predicted molar refractivity (Wildman–Crippen MR) is 51.6 cm³/mol. The molecule has 1 rings (SSSR count). The van der Waals surface area contributed by atoms with Crippen molar-refractivity contribution < 1.29 is 4.39 Å². The van der Waals surface area contributed by atoms with Gasteiger partial charge in [-0.15, -0.1) is 0 Å². The summed E-state index contributed by atoms with van der Waals surface area (Å²) in [6.07, 6.45) is 0. The third kappa shape index (κ3) is 2.29. The lowest BCUT2D eigenvalue weighted by molar-refractivity contribution is 0.607. The molecule has 0 aliphatic carbocycles. The van der Waals surface area contributed by atoms with Gasteiger partial charge in [-0.05, 0) is 37.7 Å². The van der Waals surface area contributed by atoms with E-state index in [9.17, 15) is 4.39 Å². The van der Waals surface area contributed by atoms with Crippen LogP contribution in [0.2, 0.25) is 0 Å². The van der Waals surface area contributed by atoms with Gasteiger partial charge < -0.3 is 5.32 Å². The monoisotopic (exact) mass is 231 g/mol. The Morgan fingerprint density at radius 3 is 2.58 bits per heavy atom. The van der Waals surface area contributed by atoms with Crippen LogP contribution in [0, 0.1) is 5.82 Å². The lowest BCUT2D eigenvalue weighted by atomic mass is 10.1. The molecule has 0 fully saturated rings. The summed E-state index contributed by atoms with van der Waals surface area (Å²) in [5, 5.41) is 3.05. The minimum absolute atomic E-state index is 0.178. The minimum atomic E-state index is -0.207. The number of benzene rings is 1. The maximum absolute atomic E-state index is 12.9. The Kier molecular flexibility index (Phi) is 3.23. The summed E-state index contributed by atoms with van der Waals surface area (Å²) in [6, 6.07) is 5.07. The Labute approximate surface area is 80.1 Å². The largest absolute Gasteiger partial charge is 0.313 e. The maximum Gasteiger partial charge on any atom is 0.124 e. The first-order valence-corrected chi connectivity index (χ1v) is 4.56. The highest BCUT2D eigenvalue weighted by atomic mass is 79.9. The molecule has 12 heavy (non-hydrogen) atoms. The molecular formula is C9H11BrFN. The zero-order valence-electron chi connectivity index (χ0n) is 7.07. The van der Waals surface area contributed by atoms with Crippen molar-refractivity contribution in [2.45, 2.75) is 13.0 Å². The summed E-state index contributed by atoms with van der Waals surface area (Å²) in [5.41, 5.74) is 0.948. The molecule has 0 spiro atoms. The third-order valence-corrected chi connectivity index (χ3v) is 2.28. The van der Waals surface area contributed by atoms with Crippen molar-refractivity contribution in [3.63, 3.8) is 0 Å². The minimum Gasteiger partial charge on any atom is -0.313 e. The number of hydrogen-bond donors (Lipinski definition) is 1. The maximum atomic E-state index is 12.9. The molecule has 0 saturated heterocycles. The molecule has 0 amide bonds. The Morgan fingerprint density at radius 1 is 1.42 bits per heavy atom. The summed E-state index contributed by atoms with van der Waals surface area (Å²) < 4.78 is 13.6.